The third-order valence-corrected chi connectivity index (χ3v) is 5.29. The molecular formula is C18H23N5O6S. The number of nitrogens with zero attached hydrogens (tertiary/aromatic N) is 4. The van der Waals surface area contributed by atoms with Gasteiger partial charge in [0.1, 0.15) is 11.5 Å². The Morgan fingerprint density at radius 3 is 2.53 bits per heavy atom. The Morgan fingerprint density at radius 2 is 2.00 bits per heavy atom. The molecular weight excluding hydrogens is 414 g/mol. The summed E-state index contributed by atoms with van der Waals surface area (Å²) in [5.74, 6) is -1.86. The van der Waals surface area contributed by atoms with Crippen LogP contribution in [0.5, 0.6) is 0 Å². The lowest BCUT2D eigenvalue weighted by Crippen LogP contribution is -2.21. The normalized spacial score (nSPS) is 10.6. The van der Waals surface area contributed by atoms with E-state index in [0.717, 1.165) is 11.3 Å². The fraction of sp³-hybridized carbons (Fsp3) is 0.444. The zero-order valence-electron chi connectivity index (χ0n) is 17.3. The van der Waals surface area contributed by atoms with Gasteiger partial charge in [0.05, 0.1) is 33.9 Å². The molecule has 2 aromatic rings. The minimum absolute atomic E-state index is 0.121. The van der Waals surface area contributed by atoms with Gasteiger partial charge in [-0.25, -0.2) is 4.79 Å². The number of carbonyl (C=O) groups excluding carboxylic acids is 3. The molecule has 0 unspecified atom stereocenters. The summed E-state index contributed by atoms with van der Waals surface area (Å²) >= 11 is 0.976. The summed E-state index contributed by atoms with van der Waals surface area (Å²) in [5.41, 5.74) is 0.974. The van der Waals surface area contributed by atoms with Gasteiger partial charge in [0.2, 0.25) is 5.91 Å². The number of ether oxygens (including phenoxy) is 1. The zero-order chi connectivity index (χ0) is 22.6. The molecule has 0 saturated carbocycles. The zero-order valence-corrected chi connectivity index (χ0v) is 18.2. The average Bonchev–Trinajstić information content (AvgIpc) is 3.19. The summed E-state index contributed by atoms with van der Waals surface area (Å²) in [6.07, 6.45) is 0.622. The summed E-state index contributed by atoms with van der Waals surface area (Å²) in [7, 11) is 3.17. The minimum Gasteiger partial charge on any atom is -0.462 e. The van der Waals surface area contributed by atoms with E-state index in [9.17, 15) is 24.5 Å². The highest BCUT2D eigenvalue weighted by molar-refractivity contribution is 7.18. The summed E-state index contributed by atoms with van der Waals surface area (Å²) in [5, 5.41) is 17.4. The molecule has 0 spiro atoms. The molecule has 2 aromatic heterocycles. The molecule has 0 aliphatic heterocycles. The molecule has 0 aliphatic rings. The first-order valence-corrected chi connectivity index (χ1v) is 9.89. The second-order valence-electron chi connectivity index (χ2n) is 6.70. The molecule has 2 amide bonds. The lowest BCUT2D eigenvalue weighted by molar-refractivity contribution is -0.389. The van der Waals surface area contributed by atoms with Gasteiger partial charge in [-0.15, -0.1) is 11.3 Å². The van der Waals surface area contributed by atoms with E-state index in [1.165, 1.54) is 15.6 Å². The number of rotatable bonds is 8. The van der Waals surface area contributed by atoms with Crippen molar-refractivity contribution in [2.45, 2.75) is 33.7 Å². The first kappa shape index (κ1) is 23.0. The molecule has 2 rings (SSSR count). The standard InChI is InChI=1S/C18H23N5O6S/c1-6-7-29-18(26)14-11(3)15(17(25)21(4)5)30-16(14)19-13(24)9-22-10(2)8-12(20-22)23(27)28/h8H,6-7,9H2,1-5H3,(H,19,24). The van der Waals surface area contributed by atoms with E-state index in [2.05, 4.69) is 10.4 Å². The molecule has 30 heavy (non-hydrogen) atoms. The SMILES string of the molecule is CCCOC(=O)c1c(NC(=O)Cn2nc([N+](=O)[O-])cc2C)sc(C(=O)N(C)C)c1C. The summed E-state index contributed by atoms with van der Waals surface area (Å²) in [6, 6.07) is 1.25. The molecule has 0 aliphatic carbocycles. The number of nitro groups is 1. The van der Waals surface area contributed by atoms with Gasteiger partial charge in [-0.05, 0) is 30.8 Å². The lowest BCUT2D eigenvalue weighted by Gasteiger charge is -2.09. The third-order valence-electron chi connectivity index (χ3n) is 4.09. The fourth-order valence-electron chi connectivity index (χ4n) is 2.57. The number of aryl methyl sites for hydroxylation is 1. The molecule has 162 valence electrons. The quantitative estimate of drug-likeness (QED) is 0.380. The Morgan fingerprint density at radius 1 is 1.33 bits per heavy atom. The minimum atomic E-state index is -0.648. The van der Waals surface area contributed by atoms with Crippen molar-refractivity contribution in [1.82, 2.24) is 14.7 Å². The maximum atomic E-state index is 12.5. The summed E-state index contributed by atoms with van der Waals surface area (Å²) in [4.78, 5) is 49.4. The molecule has 0 atom stereocenters. The van der Waals surface area contributed by atoms with Gasteiger partial charge < -0.3 is 25.1 Å². The second-order valence-corrected chi connectivity index (χ2v) is 7.72. The highest BCUT2D eigenvalue weighted by Gasteiger charge is 2.28. The maximum Gasteiger partial charge on any atom is 0.390 e. The molecule has 0 bridgehead atoms. The number of thiophene rings is 1. The van der Waals surface area contributed by atoms with E-state index in [0.29, 0.717) is 22.6 Å². The van der Waals surface area contributed by atoms with Crippen molar-refractivity contribution >= 4 is 39.9 Å². The van der Waals surface area contributed by atoms with Crippen LogP contribution in [0.25, 0.3) is 0 Å². The van der Waals surface area contributed by atoms with Crippen molar-refractivity contribution in [3.8, 4) is 0 Å². The van der Waals surface area contributed by atoms with E-state index >= 15 is 0 Å². The van der Waals surface area contributed by atoms with Crippen LogP contribution in [0, 0.1) is 24.0 Å². The van der Waals surface area contributed by atoms with Crippen LogP contribution in [-0.2, 0) is 16.1 Å². The predicted molar refractivity (Wildman–Crippen MR) is 110 cm³/mol. The van der Waals surface area contributed by atoms with E-state index in [1.807, 2.05) is 6.92 Å². The van der Waals surface area contributed by atoms with Crippen molar-refractivity contribution in [3.63, 3.8) is 0 Å². The van der Waals surface area contributed by atoms with Crippen molar-refractivity contribution in [2.75, 3.05) is 26.0 Å². The van der Waals surface area contributed by atoms with Crippen LogP contribution in [0.15, 0.2) is 6.07 Å². The van der Waals surface area contributed by atoms with Crippen LogP contribution in [0.4, 0.5) is 10.8 Å². The van der Waals surface area contributed by atoms with Crippen molar-refractivity contribution in [3.05, 3.63) is 37.9 Å². The number of amides is 2. The highest BCUT2D eigenvalue weighted by Crippen LogP contribution is 2.34. The van der Waals surface area contributed by atoms with Gasteiger partial charge in [0.15, 0.2) is 0 Å². The Balaban J connectivity index is 2.33. The number of nitrogens with one attached hydrogen (secondary N) is 1. The van der Waals surface area contributed by atoms with Crippen LogP contribution >= 0.6 is 11.3 Å². The number of esters is 1. The fourth-order valence-corrected chi connectivity index (χ4v) is 3.80. The maximum absolute atomic E-state index is 12.5. The average molecular weight is 437 g/mol. The lowest BCUT2D eigenvalue weighted by atomic mass is 10.1. The van der Waals surface area contributed by atoms with E-state index < -0.39 is 16.8 Å². The van der Waals surface area contributed by atoms with E-state index in [1.54, 1.807) is 27.9 Å². The van der Waals surface area contributed by atoms with Gasteiger partial charge in [0.25, 0.3) is 5.91 Å². The number of anilines is 1. The molecule has 12 heteroatoms. The molecule has 0 fully saturated rings. The number of carbonyl (C=O) groups is 3. The Hall–Kier alpha value is -3.28. The summed E-state index contributed by atoms with van der Waals surface area (Å²) in [6.45, 7) is 4.96. The van der Waals surface area contributed by atoms with Crippen molar-refractivity contribution < 1.29 is 24.0 Å². The number of aromatic nitrogens is 2. The molecule has 1 N–H and O–H groups in total. The van der Waals surface area contributed by atoms with Gasteiger partial charge in [-0.2, -0.15) is 4.68 Å². The number of hydrogen-bond acceptors (Lipinski definition) is 8. The Bertz CT molecular complexity index is 994. The van der Waals surface area contributed by atoms with Crippen LogP contribution in [0.2, 0.25) is 0 Å². The van der Waals surface area contributed by atoms with Gasteiger partial charge in [0, 0.05) is 14.1 Å². The first-order valence-electron chi connectivity index (χ1n) is 9.07. The largest absolute Gasteiger partial charge is 0.462 e. The Kier molecular flexibility index (Phi) is 7.27. The van der Waals surface area contributed by atoms with Gasteiger partial charge in [-0.1, -0.05) is 6.92 Å². The summed E-state index contributed by atoms with van der Waals surface area (Å²) < 4.78 is 6.39. The molecule has 11 nitrogen and oxygen atoms in total. The molecule has 0 saturated heterocycles. The van der Waals surface area contributed by atoms with Crippen LogP contribution in [0.3, 0.4) is 0 Å². The van der Waals surface area contributed by atoms with Crippen LogP contribution in [-0.4, -0.2) is 58.1 Å². The smallest absolute Gasteiger partial charge is 0.390 e. The third kappa shape index (κ3) is 5.00. The number of hydrogen-bond donors (Lipinski definition) is 1. The second kappa shape index (κ2) is 9.48. The Labute approximate surface area is 176 Å². The van der Waals surface area contributed by atoms with E-state index in [4.69, 9.17) is 4.74 Å². The first-order chi connectivity index (χ1) is 14.1. The monoisotopic (exact) mass is 437 g/mol. The molecule has 0 aromatic carbocycles. The van der Waals surface area contributed by atoms with Crippen molar-refractivity contribution in [1.29, 1.82) is 0 Å². The molecule has 2 heterocycles. The van der Waals surface area contributed by atoms with Crippen molar-refractivity contribution in [2.24, 2.45) is 0 Å². The van der Waals surface area contributed by atoms with E-state index in [-0.39, 0.29) is 35.4 Å². The van der Waals surface area contributed by atoms with Crippen LogP contribution in [0.1, 0.15) is 44.6 Å². The topological polar surface area (TPSA) is 137 Å². The van der Waals surface area contributed by atoms with Gasteiger partial charge in [-0.3, -0.25) is 9.59 Å². The van der Waals surface area contributed by atoms with Crippen LogP contribution < -0.4 is 5.32 Å². The highest BCUT2D eigenvalue weighted by atomic mass is 32.1. The predicted octanol–water partition coefficient (Wildman–Crippen LogP) is 2.38. The molecule has 0 radical (unpaired) electrons. The van der Waals surface area contributed by atoms with Gasteiger partial charge >= 0.3 is 11.8 Å².